The van der Waals surface area contributed by atoms with E-state index in [9.17, 15) is 4.79 Å². The highest BCUT2D eigenvalue weighted by Crippen LogP contribution is 2.32. The van der Waals surface area contributed by atoms with Crippen molar-refractivity contribution in [1.82, 2.24) is 15.2 Å². The van der Waals surface area contributed by atoms with Crippen LogP contribution in [0.25, 0.3) is 11.0 Å². The van der Waals surface area contributed by atoms with Crippen molar-refractivity contribution in [2.24, 2.45) is 5.92 Å². The van der Waals surface area contributed by atoms with Crippen molar-refractivity contribution in [2.75, 3.05) is 25.0 Å². The molecule has 3 saturated heterocycles. The van der Waals surface area contributed by atoms with Gasteiger partial charge in [-0.15, -0.1) is 0 Å². The first-order valence-electron chi connectivity index (χ1n) is 8.93. The van der Waals surface area contributed by atoms with E-state index in [1.54, 1.807) is 12.5 Å². The van der Waals surface area contributed by atoms with E-state index >= 15 is 0 Å². The average Bonchev–Trinajstić information content (AvgIpc) is 3.35. The van der Waals surface area contributed by atoms with Gasteiger partial charge in [0.1, 0.15) is 12.0 Å². The van der Waals surface area contributed by atoms with E-state index in [1.807, 2.05) is 6.07 Å². The Hall–Kier alpha value is -2.08. The summed E-state index contributed by atoms with van der Waals surface area (Å²) in [5.74, 6) is 0.540. The molecule has 6 rings (SSSR count). The Morgan fingerprint density at radius 1 is 1.25 bits per heavy atom. The minimum atomic E-state index is -0.0748. The van der Waals surface area contributed by atoms with E-state index in [-0.39, 0.29) is 11.9 Å². The fraction of sp³-hybridized carbons (Fsp3) is 0.556. The third kappa shape index (κ3) is 2.55. The maximum atomic E-state index is 12.7. The van der Waals surface area contributed by atoms with Gasteiger partial charge in [0.15, 0.2) is 5.58 Å². The number of furan rings is 1. The Labute approximate surface area is 140 Å². The summed E-state index contributed by atoms with van der Waals surface area (Å²) in [5.41, 5.74) is 2.16. The van der Waals surface area contributed by atoms with Crippen molar-refractivity contribution in [3.05, 3.63) is 24.2 Å². The van der Waals surface area contributed by atoms with Crippen LogP contribution in [0, 0.1) is 5.92 Å². The van der Waals surface area contributed by atoms with Gasteiger partial charge in [0.05, 0.1) is 11.9 Å². The van der Waals surface area contributed by atoms with Gasteiger partial charge >= 0.3 is 0 Å². The zero-order valence-corrected chi connectivity index (χ0v) is 13.6. The van der Waals surface area contributed by atoms with E-state index < -0.39 is 0 Å². The van der Waals surface area contributed by atoms with E-state index in [0.29, 0.717) is 17.7 Å². The number of nitrogens with one attached hydrogen (secondary N) is 2. The van der Waals surface area contributed by atoms with Crippen LogP contribution in [0.15, 0.2) is 22.9 Å². The Morgan fingerprint density at radius 3 is 2.79 bits per heavy atom. The maximum Gasteiger partial charge on any atom is 0.270 e. The highest BCUT2D eigenvalue weighted by atomic mass is 16.3. The summed E-state index contributed by atoms with van der Waals surface area (Å²) in [7, 11) is 0. The van der Waals surface area contributed by atoms with Crippen LogP contribution in [-0.2, 0) is 0 Å². The van der Waals surface area contributed by atoms with E-state index in [4.69, 9.17) is 4.42 Å². The number of fused-ring (bicyclic) bond motifs is 4. The van der Waals surface area contributed by atoms with Crippen molar-refractivity contribution in [3.8, 4) is 0 Å². The molecule has 6 nitrogen and oxygen atoms in total. The molecule has 2 aromatic heterocycles. The molecule has 0 radical (unpaired) electrons. The third-order valence-electron chi connectivity index (χ3n) is 5.60. The van der Waals surface area contributed by atoms with E-state index in [1.165, 1.54) is 38.8 Å². The molecule has 2 aromatic rings. The van der Waals surface area contributed by atoms with Crippen LogP contribution in [0.2, 0.25) is 0 Å². The summed E-state index contributed by atoms with van der Waals surface area (Å²) in [6.07, 6.45) is 8.15. The van der Waals surface area contributed by atoms with Crippen LogP contribution in [0.1, 0.15) is 36.2 Å². The van der Waals surface area contributed by atoms with Gasteiger partial charge in [-0.3, -0.25) is 4.79 Å². The van der Waals surface area contributed by atoms with Gasteiger partial charge in [0.2, 0.25) is 0 Å². The molecule has 4 fully saturated rings. The predicted molar refractivity (Wildman–Crippen MR) is 91.1 cm³/mol. The van der Waals surface area contributed by atoms with Crippen LogP contribution in [0.5, 0.6) is 0 Å². The first-order valence-corrected chi connectivity index (χ1v) is 8.93. The highest BCUT2D eigenvalue weighted by Gasteiger charge is 2.35. The average molecular weight is 326 g/mol. The molecule has 0 aromatic carbocycles. The first kappa shape index (κ1) is 14.3. The SMILES string of the molecule is O=C(NC1CN2CCC1CC2)c1cc2c(NC3CC3)coc2cn1. The lowest BCUT2D eigenvalue weighted by Gasteiger charge is -2.44. The van der Waals surface area contributed by atoms with Crippen LogP contribution >= 0.6 is 0 Å². The second kappa shape index (κ2) is 5.48. The Morgan fingerprint density at radius 2 is 2.08 bits per heavy atom. The van der Waals surface area contributed by atoms with Gasteiger partial charge in [-0.1, -0.05) is 0 Å². The summed E-state index contributed by atoms with van der Waals surface area (Å²) >= 11 is 0. The Kier molecular flexibility index (Phi) is 3.26. The summed E-state index contributed by atoms with van der Waals surface area (Å²) in [5, 5.41) is 7.59. The summed E-state index contributed by atoms with van der Waals surface area (Å²) in [6, 6.07) is 2.65. The lowest BCUT2D eigenvalue weighted by atomic mass is 9.84. The van der Waals surface area contributed by atoms with E-state index in [2.05, 4.69) is 20.5 Å². The fourth-order valence-corrected chi connectivity index (χ4v) is 3.99. The zero-order chi connectivity index (χ0) is 16.1. The van der Waals surface area contributed by atoms with Crippen molar-refractivity contribution in [2.45, 2.75) is 37.8 Å². The molecule has 3 aliphatic heterocycles. The molecule has 6 heteroatoms. The van der Waals surface area contributed by atoms with Gasteiger partial charge in [0.25, 0.3) is 5.91 Å². The van der Waals surface area contributed by atoms with Crippen molar-refractivity contribution >= 4 is 22.6 Å². The molecule has 4 aliphatic rings. The molecule has 1 aliphatic carbocycles. The highest BCUT2D eigenvalue weighted by molar-refractivity contribution is 5.99. The van der Waals surface area contributed by atoms with Crippen molar-refractivity contribution in [3.63, 3.8) is 0 Å². The lowest BCUT2D eigenvalue weighted by Crippen LogP contribution is -2.57. The molecule has 1 atom stereocenters. The minimum absolute atomic E-state index is 0.0748. The third-order valence-corrected chi connectivity index (χ3v) is 5.60. The fourth-order valence-electron chi connectivity index (χ4n) is 3.99. The summed E-state index contributed by atoms with van der Waals surface area (Å²) in [4.78, 5) is 19.4. The Balaban J connectivity index is 1.36. The largest absolute Gasteiger partial charge is 0.460 e. The van der Waals surface area contributed by atoms with Gasteiger partial charge in [0, 0.05) is 24.0 Å². The molecule has 5 heterocycles. The lowest BCUT2D eigenvalue weighted by molar-refractivity contribution is 0.0618. The van der Waals surface area contributed by atoms with Crippen LogP contribution in [0.3, 0.4) is 0 Å². The second-order valence-corrected chi connectivity index (χ2v) is 7.35. The molecule has 2 N–H and O–H groups in total. The summed E-state index contributed by atoms with van der Waals surface area (Å²) < 4.78 is 5.54. The van der Waals surface area contributed by atoms with Gasteiger partial charge in [-0.2, -0.15) is 0 Å². The number of pyridine rings is 1. The normalized spacial score (nSPS) is 28.9. The van der Waals surface area contributed by atoms with Gasteiger partial charge in [-0.25, -0.2) is 4.98 Å². The number of carbonyl (C=O) groups excluding carboxylic acids is 1. The van der Waals surface area contributed by atoms with Gasteiger partial charge in [-0.05, 0) is 50.8 Å². The van der Waals surface area contributed by atoms with Crippen LogP contribution in [-0.4, -0.2) is 47.5 Å². The number of amides is 1. The number of nitrogens with zero attached hydrogens (tertiary/aromatic N) is 2. The molecule has 0 spiro atoms. The number of anilines is 1. The zero-order valence-electron chi connectivity index (χ0n) is 13.6. The minimum Gasteiger partial charge on any atom is -0.460 e. The molecular weight excluding hydrogens is 304 g/mol. The summed E-state index contributed by atoms with van der Waals surface area (Å²) in [6.45, 7) is 3.32. The predicted octanol–water partition coefficient (Wildman–Crippen LogP) is 2.23. The second-order valence-electron chi connectivity index (χ2n) is 7.35. The quantitative estimate of drug-likeness (QED) is 0.901. The first-order chi connectivity index (χ1) is 11.8. The number of hydrogen-bond acceptors (Lipinski definition) is 5. The smallest absolute Gasteiger partial charge is 0.270 e. The van der Waals surface area contributed by atoms with Crippen LogP contribution < -0.4 is 10.6 Å². The monoisotopic (exact) mass is 326 g/mol. The van der Waals surface area contributed by atoms with Crippen molar-refractivity contribution < 1.29 is 9.21 Å². The van der Waals surface area contributed by atoms with Crippen molar-refractivity contribution in [1.29, 1.82) is 0 Å². The number of rotatable bonds is 4. The topological polar surface area (TPSA) is 70.4 Å². The van der Waals surface area contributed by atoms with Gasteiger partial charge < -0.3 is 20.0 Å². The Bertz CT molecular complexity index is 774. The number of piperidine rings is 3. The number of hydrogen-bond donors (Lipinski definition) is 2. The molecule has 1 saturated carbocycles. The molecule has 1 unspecified atom stereocenters. The molecule has 24 heavy (non-hydrogen) atoms. The molecule has 2 bridgehead atoms. The van der Waals surface area contributed by atoms with Crippen LogP contribution in [0.4, 0.5) is 5.69 Å². The number of aromatic nitrogens is 1. The van der Waals surface area contributed by atoms with E-state index in [0.717, 1.165) is 23.2 Å². The maximum absolute atomic E-state index is 12.7. The standard InChI is InChI=1S/C18H22N4O2/c23-18(21-15-9-22-5-3-11(15)4-6-22)14-7-13-16(20-12-1-2-12)10-24-17(13)8-19-14/h7-8,10-12,15,20H,1-6,9H2,(H,21,23). The molecule has 126 valence electrons. The molecule has 1 amide bonds. The number of carbonyl (C=O) groups is 1. The molecular formula is C18H22N4O2.